The molecule has 112 valence electrons. The summed E-state index contributed by atoms with van der Waals surface area (Å²) in [5, 5.41) is 10.1. The molecule has 3 atom stereocenters. The molecule has 0 spiro atoms. The molecule has 2 fully saturated rings. The molecule has 1 saturated heterocycles. The molecule has 19 heavy (non-hydrogen) atoms. The van der Waals surface area contributed by atoms with Crippen LogP contribution in [0.4, 0.5) is 0 Å². The topological polar surface area (TPSA) is 35.9 Å². The Morgan fingerprint density at radius 1 is 1.16 bits per heavy atom. The van der Waals surface area contributed by atoms with Gasteiger partial charge in [0.1, 0.15) is 0 Å². The lowest BCUT2D eigenvalue weighted by molar-refractivity contribution is -0.0354. The standard InChI is InChI=1S/C15H30N2O2/c1-3-16-7-9-17(10-8-16)11-14(18)12-19-15-6-4-5-13(15)2/h13-15,18H,3-12H2,1-2H3/t13-,14+,15-/m0/s1. The molecule has 2 aliphatic rings. The van der Waals surface area contributed by atoms with Gasteiger partial charge in [0.2, 0.25) is 0 Å². The molecule has 0 radical (unpaired) electrons. The number of aliphatic hydroxyl groups is 1. The Balaban J connectivity index is 1.60. The Labute approximate surface area is 117 Å². The van der Waals surface area contributed by atoms with Crippen LogP contribution in [0.3, 0.4) is 0 Å². The van der Waals surface area contributed by atoms with Crippen LogP contribution in [0.2, 0.25) is 0 Å². The third-order valence-corrected chi connectivity index (χ3v) is 4.67. The predicted octanol–water partition coefficient (Wildman–Crippen LogP) is 1.19. The van der Waals surface area contributed by atoms with Crippen molar-refractivity contribution in [1.82, 2.24) is 9.80 Å². The molecule has 1 aliphatic carbocycles. The maximum absolute atomic E-state index is 10.1. The van der Waals surface area contributed by atoms with E-state index in [9.17, 15) is 5.11 Å². The van der Waals surface area contributed by atoms with Crippen LogP contribution in [-0.4, -0.2) is 73.0 Å². The van der Waals surface area contributed by atoms with Gasteiger partial charge in [-0.05, 0) is 25.3 Å². The van der Waals surface area contributed by atoms with E-state index in [1.54, 1.807) is 0 Å². The van der Waals surface area contributed by atoms with Gasteiger partial charge in [-0.3, -0.25) is 4.90 Å². The minimum absolute atomic E-state index is 0.332. The molecule has 0 unspecified atom stereocenters. The second-order valence-electron chi connectivity index (χ2n) is 6.17. The highest BCUT2D eigenvalue weighted by molar-refractivity contribution is 4.76. The van der Waals surface area contributed by atoms with Crippen molar-refractivity contribution in [1.29, 1.82) is 0 Å². The van der Waals surface area contributed by atoms with E-state index in [2.05, 4.69) is 23.6 Å². The lowest BCUT2D eigenvalue weighted by atomic mass is 10.1. The average Bonchev–Trinajstić information content (AvgIpc) is 2.83. The van der Waals surface area contributed by atoms with Gasteiger partial charge in [0.15, 0.2) is 0 Å². The summed E-state index contributed by atoms with van der Waals surface area (Å²) in [4.78, 5) is 4.82. The van der Waals surface area contributed by atoms with E-state index in [1.807, 2.05) is 0 Å². The predicted molar refractivity (Wildman–Crippen MR) is 77.3 cm³/mol. The van der Waals surface area contributed by atoms with Gasteiger partial charge in [-0.25, -0.2) is 0 Å². The molecule has 0 aromatic rings. The maximum atomic E-state index is 10.1. The minimum Gasteiger partial charge on any atom is -0.389 e. The van der Waals surface area contributed by atoms with Gasteiger partial charge in [-0.2, -0.15) is 0 Å². The van der Waals surface area contributed by atoms with Crippen molar-refractivity contribution in [2.24, 2.45) is 5.92 Å². The van der Waals surface area contributed by atoms with Crippen LogP contribution in [0.5, 0.6) is 0 Å². The van der Waals surface area contributed by atoms with Gasteiger partial charge in [0.05, 0.1) is 18.8 Å². The van der Waals surface area contributed by atoms with Crippen LogP contribution >= 0.6 is 0 Å². The van der Waals surface area contributed by atoms with Crippen LogP contribution in [0.15, 0.2) is 0 Å². The summed E-state index contributed by atoms with van der Waals surface area (Å²) in [6.45, 7) is 11.3. The van der Waals surface area contributed by atoms with Gasteiger partial charge < -0.3 is 14.7 Å². The fourth-order valence-corrected chi connectivity index (χ4v) is 3.23. The van der Waals surface area contributed by atoms with E-state index in [0.717, 1.165) is 39.3 Å². The Morgan fingerprint density at radius 3 is 2.42 bits per heavy atom. The van der Waals surface area contributed by atoms with Crippen LogP contribution in [-0.2, 0) is 4.74 Å². The van der Waals surface area contributed by atoms with Crippen molar-refractivity contribution in [2.45, 2.75) is 45.3 Å². The Hall–Kier alpha value is -0.160. The zero-order chi connectivity index (χ0) is 13.7. The van der Waals surface area contributed by atoms with Crippen LogP contribution < -0.4 is 0 Å². The summed E-state index contributed by atoms with van der Waals surface area (Å²) in [5.41, 5.74) is 0. The maximum Gasteiger partial charge on any atom is 0.0900 e. The fraction of sp³-hybridized carbons (Fsp3) is 1.00. The molecule has 4 heteroatoms. The molecule has 0 aromatic carbocycles. The third kappa shape index (κ3) is 4.71. The molecule has 1 aliphatic heterocycles. The zero-order valence-electron chi connectivity index (χ0n) is 12.6. The Bertz CT molecular complexity index is 255. The summed E-state index contributed by atoms with van der Waals surface area (Å²) >= 11 is 0. The summed E-state index contributed by atoms with van der Waals surface area (Å²) in [5.74, 6) is 0.667. The Morgan fingerprint density at radius 2 is 1.84 bits per heavy atom. The lowest BCUT2D eigenvalue weighted by Crippen LogP contribution is -2.49. The van der Waals surface area contributed by atoms with Crippen LogP contribution in [0.1, 0.15) is 33.1 Å². The summed E-state index contributed by atoms with van der Waals surface area (Å²) in [6.07, 6.45) is 3.77. The van der Waals surface area contributed by atoms with E-state index in [4.69, 9.17) is 4.74 Å². The van der Waals surface area contributed by atoms with Crippen molar-refractivity contribution in [3.8, 4) is 0 Å². The van der Waals surface area contributed by atoms with Crippen molar-refractivity contribution in [3.05, 3.63) is 0 Å². The van der Waals surface area contributed by atoms with E-state index >= 15 is 0 Å². The highest BCUT2D eigenvalue weighted by atomic mass is 16.5. The van der Waals surface area contributed by atoms with E-state index < -0.39 is 0 Å². The largest absolute Gasteiger partial charge is 0.389 e. The number of nitrogens with zero attached hydrogens (tertiary/aromatic N) is 2. The van der Waals surface area contributed by atoms with Crippen molar-refractivity contribution in [3.63, 3.8) is 0 Å². The van der Waals surface area contributed by atoms with E-state index in [1.165, 1.54) is 19.3 Å². The minimum atomic E-state index is -0.332. The van der Waals surface area contributed by atoms with Gasteiger partial charge in [0, 0.05) is 32.7 Å². The van der Waals surface area contributed by atoms with Crippen molar-refractivity contribution in [2.75, 3.05) is 45.9 Å². The SMILES string of the molecule is CCN1CCN(C[C@@H](O)CO[C@H]2CCC[C@@H]2C)CC1. The number of piperazine rings is 1. The molecule has 2 rings (SSSR count). The van der Waals surface area contributed by atoms with Gasteiger partial charge >= 0.3 is 0 Å². The van der Waals surface area contributed by atoms with Crippen molar-refractivity contribution < 1.29 is 9.84 Å². The van der Waals surface area contributed by atoms with Gasteiger partial charge in [-0.1, -0.05) is 20.3 Å². The van der Waals surface area contributed by atoms with Crippen LogP contribution in [0.25, 0.3) is 0 Å². The molecule has 1 heterocycles. The fourth-order valence-electron chi connectivity index (χ4n) is 3.23. The van der Waals surface area contributed by atoms with E-state index in [-0.39, 0.29) is 6.10 Å². The molecule has 0 amide bonds. The third-order valence-electron chi connectivity index (χ3n) is 4.67. The molecule has 0 aromatic heterocycles. The number of aliphatic hydroxyl groups excluding tert-OH is 1. The normalized spacial score (nSPS) is 31.7. The first kappa shape index (κ1) is 15.2. The highest BCUT2D eigenvalue weighted by Crippen LogP contribution is 2.27. The monoisotopic (exact) mass is 270 g/mol. The second kappa shape index (κ2) is 7.58. The summed E-state index contributed by atoms with van der Waals surface area (Å²) < 4.78 is 5.87. The number of β-amino-alcohol motifs (C(OH)–C–C–N with tert-alkyl or cyclic N) is 1. The second-order valence-corrected chi connectivity index (χ2v) is 6.17. The molecule has 4 nitrogen and oxygen atoms in total. The molecule has 0 bridgehead atoms. The molecular weight excluding hydrogens is 240 g/mol. The zero-order valence-corrected chi connectivity index (χ0v) is 12.6. The first-order chi connectivity index (χ1) is 9.19. The first-order valence-electron chi connectivity index (χ1n) is 7.93. The van der Waals surface area contributed by atoms with Crippen molar-refractivity contribution >= 4 is 0 Å². The molecular formula is C15H30N2O2. The quantitative estimate of drug-likeness (QED) is 0.786. The number of ether oxygens (including phenoxy) is 1. The number of hydrogen-bond donors (Lipinski definition) is 1. The summed E-state index contributed by atoms with van der Waals surface area (Å²) in [6, 6.07) is 0. The van der Waals surface area contributed by atoms with Gasteiger partial charge in [0.25, 0.3) is 0 Å². The van der Waals surface area contributed by atoms with E-state index in [0.29, 0.717) is 18.6 Å². The smallest absolute Gasteiger partial charge is 0.0900 e. The summed E-state index contributed by atoms with van der Waals surface area (Å²) in [7, 11) is 0. The highest BCUT2D eigenvalue weighted by Gasteiger charge is 2.25. The number of rotatable bonds is 6. The first-order valence-corrected chi connectivity index (χ1v) is 7.93. The number of hydrogen-bond acceptors (Lipinski definition) is 4. The van der Waals surface area contributed by atoms with Gasteiger partial charge in [-0.15, -0.1) is 0 Å². The average molecular weight is 270 g/mol. The molecule has 1 saturated carbocycles. The van der Waals surface area contributed by atoms with Crippen LogP contribution in [0, 0.1) is 5.92 Å². The lowest BCUT2D eigenvalue weighted by Gasteiger charge is -2.35. The Kier molecular flexibility index (Phi) is 6.07. The number of likely N-dealkylation sites (N-methyl/N-ethyl adjacent to an activating group) is 1. The molecule has 1 N–H and O–H groups in total.